The molecule has 1 saturated heterocycles. The van der Waals surface area contributed by atoms with Gasteiger partial charge < -0.3 is 75.6 Å². The van der Waals surface area contributed by atoms with E-state index in [4.69, 9.17) is 46.0 Å². The Kier molecular flexibility index (Phi) is 31.2. The highest BCUT2D eigenvalue weighted by Gasteiger charge is 2.35. The zero-order chi connectivity index (χ0) is 86.5. The number of nitrogens with zero attached hydrogens (tertiary/aromatic N) is 8. The molecular formula is C82H93ClFN14O20S2+. The molecule has 10 rings (SSSR count). The number of quaternary nitrogens is 1. The van der Waals surface area contributed by atoms with Crippen molar-refractivity contribution in [2.24, 2.45) is 11.7 Å². The molecule has 2 aliphatic rings. The van der Waals surface area contributed by atoms with Gasteiger partial charge >= 0.3 is 18.0 Å². The van der Waals surface area contributed by atoms with Gasteiger partial charge in [0.15, 0.2) is 11.6 Å². The number of para-hydroxylation sites is 2. The molecule has 0 radical (unpaired) electrons. The summed E-state index contributed by atoms with van der Waals surface area (Å²) in [5.74, 6) is -8.78. The fraction of sp³-hybridized carbons (Fsp3) is 0.366. The molecule has 9 amide bonds. The molecular weight excluding hydrogens is 1620 g/mol. The average Bonchev–Trinajstić information content (AvgIpc) is 1.58. The van der Waals surface area contributed by atoms with Crippen LogP contribution in [-0.2, 0) is 84.1 Å². The SMILES string of the molecule is COc1ccccc1-c1nccc(COc2ccccc2C[C@@H](Oc2ncnc3sc(-c4ccc(F)cc4)c(-c4ccc(OCCN5CC[N+](C)(Cc6ccc(NC(=O)C(CCCNC(N)=O)NC(=O)C(NC(=O)CCOCCN7C(=O)C=CC7=O)C(C)C)cc6CN(C)C(=O)CC(NC(=O)CS(=O)(=O)O)C(=O)O)CC5)c(Cl)c4C)c23)C(=O)O)n1. The van der Waals surface area contributed by atoms with Crippen LogP contribution < -0.4 is 51.3 Å². The molecule has 34 nitrogen and oxygen atoms in total. The number of carbonyl (C=O) groups excluding carboxylic acids is 8. The summed E-state index contributed by atoms with van der Waals surface area (Å²) < 4.78 is 77.4. The van der Waals surface area contributed by atoms with E-state index in [1.165, 1.54) is 41.7 Å². The summed E-state index contributed by atoms with van der Waals surface area (Å²) in [5.41, 5.74) is 10.8. The molecule has 1 fully saturated rings. The summed E-state index contributed by atoms with van der Waals surface area (Å²) in [4.78, 5) is 153. The fourth-order valence-electron chi connectivity index (χ4n) is 13.5. The topological polar surface area (TPSA) is 459 Å². The number of imide groups is 1. The Morgan fingerprint density at radius 2 is 1.49 bits per heavy atom. The molecule has 5 aromatic carbocycles. The molecule has 5 heterocycles. The fourth-order valence-corrected chi connectivity index (χ4v) is 15.3. The molecule has 2 aliphatic heterocycles. The third-order valence-corrected chi connectivity index (χ3v) is 22.2. The number of thiophene rings is 1. The Hall–Kier alpha value is -12.1. The van der Waals surface area contributed by atoms with Gasteiger partial charge in [-0.1, -0.05) is 80.0 Å². The normalized spacial score (nSPS) is 14.3. The summed E-state index contributed by atoms with van der Waals surface area (Å²) in [5, 5.41) is 34.2. The standard InChI is InChI=1S/C82H92ClFN14O20S2/c1-48(2)73(94-65(99)28-37-115-38-34-97-67(101)25-26-68(97)102)77(105)93-59(14-11-29-87-82(85)110)76(104)91-55-22-19-52(53(40-55)43-95(4)69(103)42-60(80(106)107)92-66(100)46-120(111,112)113)44-98(5)35-31-96(32-36-98)33-39-116-63-24-23-57(49(3)72(63)83)70-71-78(88-47-89-79(71)119-74(70)50-17-20-54(84)21-18-50)118-64(81(108)109)41-51-12-7-9-15-61(51)117-45-56-27-30-86-75(90-56)58-13-8-10-16-62(58)114-6/h7-10,12-13,15-27,30,40,47-48,59-60,64,73H,11,14,28-29,31-39,41-46H2,1-6H3,(H9-,85,87,91,92,93,94,99,100,104,105,106,107,108,109,110,111,112,113)/p+1/t59?,60?,64-,73?/m1/s1. The Labute approximate surface area is 699 Å². The minimum absolute atomic E-state index is 0.0186. The molecule has 0 saturated carbocycles. The number of aromatic nitrogens is 4. The molecule has 3 unspecified atom stereocenters. The Morgan fingerprint density at radius 3 is 2.18 bits per heavy atom. The number of nitrogens with one attached hydrogen (secondary N) is 5. The quantitative estimate of drug-likeness (QED) is 0.00827. The van der Waals surface area contributed by atoms with E-state index in [1.54, 1.807) is 93.9 Å². The summed E-state index contributed by atoms with van der Waals surface area (Å²) in [6.45, 7) is 8.21. The van der Waals surface area contributed by atoms with Crippen LogP contribution in [0, 0.1) is 18.7 Å². The van der Waals surface area contributed by atoms with Gasteiger partial charge in [0.05, 0.1) is 75.1 Å². The van der Waals surface area contributed by atoms with E-state index in [9.17, 15) is 75.5 Å². The largest absolute Gasteiger partial charge is 0.496 e. The van der Waals surface area contributed by atoms with Crippen molar-refractivity contribution in [3.63, 3.8) is 0 Å². The maximum absolute atomic E-state index is 14.6. The first-order chi connectivity index (χ1) is 57.2. The van der Waals surface area contributed by atoms with Crippen LogP contribution in [0.3, 0.4) is 0 Å². The zero-order valence-electron chi connectivity index (χ0n) is 66.5. The molecule has 4 atom stereocenters. The summed E-state index contributed by atoms with van der Waals surface area (Å²) in [6.07, 6.45) is 2.58. The predicted molar refractivity (Wildman–Crippen MR) is 439 cm³/mol. The van der Waals surface area contributed by atoms with Crippen LogP contribution >= 0.6 is 22.9 Å². The molecule has 0 aliphatic carbocycles. The minimum Gasteiger partial charge on any atom is -0.496 e. The second-order valence-electron chi connectivity index (χ2n) is 29.2. The second-order valence-corrected chi connectivity index (χ2v) is 32.0. The maximum Gasteiger partial charge on any atom is 0.345 e. The molecule has 0 spiro atoms. The van der Waals surface area contributed by atoms with Gasteiger partial charge in [-0.3, -0.25) is 47.9 Å². The van der Waals surface area contributed by atoms with E-state index < -0.39 is 118 Å². The van der Waals surface area contributed by atoms with Crippen molar-refractivity contribution in [2.45, 2.75) is 96.8 Å². The first kappa shape index (κ1) is 90.2. The lowest BCUT2D eigenvalue weighted by Gasteiger charge is -2.42. The lowest BCUT2D eigenvalue weighted by atomic mass is 9.96. The Morgan fingerprint density at radius 1 is 0.775 bits per heavy atom. The number of nitrogens with two attached hydrogens (primary N) is 1. The number of halogens is 2. The van der Waals surface area contributed by atoms with Crippen molar-refractivity contribution < 1.29 is 104 Å². The van der Waals surface area contributed by atoms with Gasteiger partial charge in [-0.25, -0.2) is 38.7 Å². The third kappa shape index (κ3) is 24.8. The number of primary amides is 1. The smallest absolute Gasteiger partial charge is 0.345 e. The summed E-state index contributed by atoms with van der Waals surface area (Å²) >= 11 is 8.56. The highest BCUT2D eigenvalue weighted by molar-refractivity contribution is 7.86. The maximum atomic E-state index is 14.6. The monoisotopic (exact) mass is 1710 g/mol. The van der Waals surface area contributed by atoms with Crippen molar-refractivity contribution >= 4 is 108 Å². The van der Waals surface area contributed by atoms with E-state index >= 15 is 0 Å². The van der Waals surface area contributed by atoms with E-state index in [0.29, 0.717) is 132 Å². The number of aliphatic carboxylic acids is 2. The van der Waals surface area contributed by atoms with Crippen LogP contribution in [0.4, 0.5) is 14.9 Å². The van der Waals surface area contributed by atoms with Crippen LogP contribution in [0.2, 0.25) is 5.02 Å². The number of likely N-dealkylation sites (N-methyl/N-ethyl adjacent to an activating group) is 1. The molecule has 0 bridgehead atoms. The van der Waals surface area contributed by atoms with Gasteiger partial charge in [-0.2, -0.15) is 8.42 Å². The number of amides is 9. The highest BCUT2D eigenvalue weighted by atomic mass is 35.5. The van der Waals surface area contributed by atoms with E-state index in [2.05, 4.69) is 41.1 Å². The Bertz CT molecular complexity index is 5250. The van der Waals surface area contributed by atoms with Crippen LogP contribution in [0.25, 0.3) is 43.2 Å². The number of hydrogen-bond donors (Lipinski definition) is 9. The number of hydrogen-bond acceptors (Lipinski definition) is 23. The molecule has 3 aromatic heterocycles. The number of benzene rings is 5. The zero-order valence-corrected chi connectivity index (χ0v) is 68.9. The third-order valence-electron chi connectivity index (χ3n) is 20.0. The van der Waals surface area contributed by atoms with Gasteiger partial charge in [0.1, 0.15) is 72.1 Å². The van der Waals surface area contributed by atoms with E-state index in [1.807, 2.05) is 49.6 Å². The number of urea groups is 1. The number of carboxylic acids is 2. The molecule has 8 aromatic rings. The van der Waals surface area contributed by atoms with Gasteiger partial charge in [0.25, 0.3) is 21.9 Å². The first-order valence-corrected chi connectivity index (χ1v) is 41.0. The highest BCUT2D eigenvalue weighted by Crippen LogP contribution is 2.50. The van der Waals surface area contributed by atoms with Crippen LogP contribution in [0.15, 0.2) is 134 Å². The summed E-state index contributed by atoms with van der Waals surface area (Å²) in [7, 11) is 0.121. The first-order valence-electron chi connectivity index (χ1n) is 38.2. The molecule has 10 N–H and O–H groups in total. The van der Waals surface area contributed by atoms with Crippen molar-refractivity contribution in [3.8, 4) is 56.1 Å². The van der Waals surface area contributed by atoms with E-state index in [0.717, 1.165) is 17.1 Å². The number of carboxylic acid groups (broad SMARTS) is 2. The van der Waals surface area contributed by atoms with Crippen molar-refractivity contribution in [1.29, 1.82) is 0 Å². The number of anilines is 1. The van der Waals surface area contributed by atoms with Crippen LogP contribution in [0.1, 0.15) is 67.5 Å². The number of fused-ring (bicyclic) bond motifs is 1. The lowest BCUT2D eigenvalue weighted by molar-refractivity contribution is -0.926. The second kappa shape index (κ2) is 41.5. The molecule has 38 heteroatoms. The van der Waals surface area contributed by atoms with Crippen molar-refractivity contribution in [1.82, 2.24) is 55.9 Å². The predicted octanol–water partition coefficient (Wildman–Crippen LogP) is 6.74. The average molecular weight is 1710 g/mol. The van der Waals surface area contributed by atoms with Crippen molar-refractivity contribution in [2.75, 3.05) is 97.9 Å². The van der Waals surface area contributed by atoms with E-state index in [-0.39, 0.29) is 88.3 Å². The van der Waals surface area contributed by atoms with Gasteiger partial charge in [0, 0.05) is 92.7 Å². The number of methoxy groups -OCH3 is 1. The van der Waals surface area contributed by atoms with Gasteiger partial charge in [-0.15, -0.1) is 11.3 Å². The molecule has 120 heavy (non-hydrogen) atoms. The van der Waals surface area contributed by atoms with Gasteiger partial charge in [-0.05, 0) is 108 Å². The molecule has 636 valence electrons. The number of carbonyl (C=O) groups is 10. The van der Waals surface area contributed by atoms with Gasteiger partial charge in [0.2, 0.25) is 41.5 Å². The number of piperazine rings is 1. The minimum atomic E-state index is -4.87. The van der Waals surface area contributed by atoms with Crippen molar-refractivity contribution in [3.05, 3.63) is 173 Å². The summed E-state index contributed by atoms with van der Waals surface area (Å²) in [6, 6.07) is 25.4. The number of ether oxygens (including phenoxy) is 5. The number of rotatable bonds is 42. The van der Waals surface area contributed by atoms with Crippen LogP contribution in [0.5, 0.6) is 23.1 Å². The Balaban J connectivity index is 0.823. The lowest BCUT2D eigenvalue weighted by Crippen LogP contribution is -2.57. The van der Waals surface area contributed by atoms with Crippen LogP contribution in [-0.4, -0.2) is 238 Å².